The standard InChI is InChI=1S/Ca.FH.HNS.2H/c;;1-2;;/h;1H;1H;;. The molecule has 4 heteroatoms. The van der Waals surface area contributed by atoms with Crippen LogP contribution in [0.2, 0.25) is 0 Å². The van der Waals surface area contributed by atoms with Gasteiger partial charge in [-0.05, 0) is 0 Å². The zero-order chi connectivity index (χ0) is 2.00. The van der Waals surface area contributed by atoms with Gasteiger partial charge in [-0.15, -0.1) is 0 Å². The molecule has 0 aromatic rings. The van der Waals surface area contributed by atoms with Gasteiger partial charge in [-0.1, -0.05) is 0 Å². The van der Waals surface area contributed by atoms with E-state index in [4.69, 9.17) is 4.78 Å². The van der Waals surface area contributed by atoms with Gasteiger partial charge in [0.15, 0.2) is 0 Å². The zero-order valence-electron chi connectivity index (χ0n) is 1.32. The molecule has 0 rings (SSSR count). The van der Waals surface area contributed by atoms with E-state index in [-0.39, 0.29) is 42.4 Å². The Morgan fingerprint density at radius 3 is 1.25 bits per heavy atom. The normalized spacial score (nSPS) is 1.00. The number of halogens is 1. The second-order valence-corrected chi connectivity index (χ2v) is 0. The molecule has 1 N–H and O–H groups in total. The van der Waals surface area contributed by atoms with Crippen molar-refractivity contribution in [3.63, 3.8) is 0 Å². The van der Waals surface area contributed by atoms with Gasteiger partial charge in [0, 0.05) is 12.4 Å². The molecule has 0 spiro atoms. The van der Waals surface area contributed by atoms with E-state index in [0.29, 0.717) is 0 Å². The molecule has 24 valence electrons. The maximum absolute atomic E-state index is 5.33. The molecule has 0 atom stereocenters. The van der Waals surface area contributed by atoms with Gasteiger partial charge in [0.25, 0.3) is 0 Å². The first-order chi connectivity index (χ1) is 1.00. The average molecular weight is 109 g/mol. The molecule has 1 nitrogen and oxygen atoms in total. The van der Waals surface area contributed by atoms with E-state index in [9.17, 15) is 0 Å². The Kier molecular flexibility index (Phi) is 140. The van der Waals surface area contributed by atoms with Gasteiger partial charge in [-0.25, -0.2) is 4.78 Å². The molecule has 0 aliphatic carbocycles. The number of hydrogen-bond acceptors (Lipinski definition) is 2. The summed E-state index contributed by atoms with van der Waals surface area (Å²) in [4.78, 5) is 0. The summed E-state index contributed by atoms with van der Waals surface area (Å²) in [6.45, 7) is 0. The third kappa shape index (κ3) is 10.7. The molecule has 0 fully saturated rings. The monoisotopic (exact) mass is 109 g/mol. The first-order valence-electron chi connectivity index (χ1n) is 0.204. The van der Waals surface area contributed by atoms with Gasteiger partial charge in [0.1, 0.15) is 0 Å². The molecule has 0 unspecified atom stereocenters. The van der Waals surface area contributed by atoms with Crippen LogP contribution in [0.4, 0.5) is 4.70 Å². The quantitative estimate of drug-likeness (QED) is 0.418. The fraction of sp³-hybridized carbons (Fsp3) is 0. The summed E-state index contributed by atoms with van der Waals surface area (Å²) in [5, 5.41) is 0. The predicted octanol–water partition coefficient (Wildman–Crippen LogP) is -0.468. The molecule has 0 amide bonds. The molecule has 0 bridgehead atoms. The summed E-state index contributed by atoms with van der Waals surface area (Å²) in [5.74, 6) is 0. The zero-order valence-corrected chi connectivity index (χ0v) is 2.13. The predicted molar refractivity (Wildman–Crippen MR) is 21.1 cm³/mol. The van der Waals surface area contributed by atoms with Gasteiger partial charge in [0.2, 0.25) is 0 Å². The SMILES string of the molecule is F.N=S.[CaH2]. The molecule has 0 saturated carbocycles. The van der Waals surface area contributed by atoms with Crippen LogP contribution >= 0.6 is 0 Å². The first-order valence-corrected chi connectivity index (χ1v) is 0.612. The summed E-state index contributed by atoms with van der Waals surface area (Å²) < 4.78 is 5.33. The second kappa shape index (κ2) is 29.6. The second-order valence-electron chi connectivity index (χ2n) is 0. The molecule has 0 aliphatic rings. The van der Waals surface area contributed by atoms with Crippen molar-refractivity contribution >= 4 is 50.2 Å². The molecule has 0 heterocycles. The maximum atomic E-state index is 5.33. The van der Waals surface area contributed by atoms with Gasteiger partial charge in [0.05, 0.1) is 0 Å². The van der Waals surface area contributed by atoms with Gasteiger partial charge in [-0.2, -0.15) is 0 Å². The molecule has 0 aromatic carbocycles. The van der Waals surface area contributed by atoms with E-state index in [2.05, 4.69) is 12.4 Å². The minimum absolute atomic E-state index is 0. The van der Waals surface area contributed by atoms with Crippen LogP contribution in [-0.2, 0) is 12.4 Å². The summed E-state index contributed by atoms with van der Waals surface area (Å²) in [6.07, 6.45) is 0. The van der Waals surface area contributed by atoms with Crippen molar-refractivity contribution in [2.45, 2.75) is 0 Å². The molecule has 4 heavy (non-hydrogen) atoms. The molecule has 0 radical (unpaired) electrons. The van der Waals surface area contributed by atoms with Crippen molar-refractivity contribution in [1.82, 2.24) is 0 Å². The number of nitrogens with one attached hydrogen (secondary N) is 1. The molecule has 0 saturated heterocycles. The van der Waals surface area contributed by atoms with Crippen LogP contribution in [0.15, 0.2) is 0 Å². The first kappa shape index (κ1) is 18.9. The Bertz CT molecular complexity index is 8.00. The molecule has 0 aliphatic heterocycles. The summed E-state index contributed by atoms with van der Waals surface area (Å²) in [6, 6.07) is 0. The minimum atomic E-state index is 0. The van der Waals surface area contributed by atoms with E-state index in [1.165, 1.54) is 0 Å². The summed E-state index contributed by atoms with van der Waals surface area (Å²) in [5.41, 5.74) is 0. The molecule has 0 aromatic heterocycles. The van der Waals surface area contributed by atoms with E-state index < -0.39 is 0 Å². The third-order valence-electron chi connectivity index (χ3n) is 0. The summed E-state index contributed by atoms with van der Waals surface area (Å²) in [7, 11) is 0. The Hall–Kier alpha value is 1.21. The summed E-state index contributed by atoms with van der Waals surface area (Å²) >= 11 is 3.33. The van der Waals surface area contributed by atoms with Crippen molar-refractivity contribution in [2.24, 2.45) is 0 Å². The van der Waals surface area contributed by atoms with Crippen LogP contribution in [0.25, 0.3) is 0 Å². The van der Waals surface area contributed by atoms with Crippen molar-refractivity contribution in [2.75, 3.05) is 0 Å². The fourth-order valence-electron chi connectivity index (χ4n) is 0. The van der Waals surface area contributed by atoms with Crippen LogP contribution in [0.5, 0.6) is 0 Å². The Balaban J connectivity index is -0.00000000500. The molecular weight excluding hydrogens is 105 g/mol. The van der Waals surface area contributed by atoms with E-state index in [0.717, 1.165) is 0 Å². The van der Waals surface area contributed by atoms with E-state index in [1.54, 1.807) is 0 Å². The number of hydrogen-bond donors (Lipinski definition) is 1. The van der Waals surface area contributed by atoms with E-state index >= 15 is 0 Å². The van der Waals surface area contributed by atoms with Crippen LogP contribution in [0, 0.1) is 4.78 Å². The van der Waals surface area contributed by atoms with Gasteiger partial charge in [-0.3, -0.25) is 4.70 Å². The van der Waals surface area contributed by atoms with Crippen LogP contribution in [0.1, 0.15) is 0 Å². The van der Waals surface area contributed by atoms with Gasteiger partial charge < -0.3 is 0 Å². The van der Waals surface area contributed by atoms with Crippen molar-refractivity contribution in [3.05, 3.63) is 0 Å². The Morgan fingerprint density at radius 1 is 1.25 bits per heavy atom. The van der Waals surface area contributed by atoms with Crippen LogP contribution in [0.3, 0.4) is 0 Å². The Morgan fingerprint density at radius 2 is 1.25 bits per heavy atom. The van der Waals surface area contributed by atoms with Crippen LogP contribution in [-0.4, -0.2) is 37.7 Å². The van der Waals surface area contributed by atoms with Crippen molar-refractivity contribution in [3.8, 4) is 0 Å². The topological polar surface area (TPSA) is 23.9 Å². The van der Waals surface area contributed by atoms with E-state index in [1.807, 2.05) is 0 Å². The molecular formula is H4CaFNS. The van der Waals surface area contributed by atoms with Crippen LogP contribution < -0.4 is 0 Å². The van der Waals surface area contributed by atoms with Crippen molar-refractivity contribution in [1.29, 1.82) is 4.78 Å². The fourth-order valence-corrected chi connectivity index (χ4v) is 0. The average Bonchev–Trinajstić information content (AvgIpc) is 1.00. The third-order valence-corrected chi connectivity index (χ3v) is 0. The van der Waals surface area contributed by atoms with Crippen molar-refractivity contribution < 1.29 is 4.70 Å². The Labute approximate surface area is 59.1 Å². The van der Waals surface area contributed by atoms with Gasteiger partial charge >= 0.3 is 37.7 Å². The number of rotatable bonds is 0.